The van der Waals surface area contributed by atoms with Gasteiger partial charge in [-0.1, -0.05) is 88.4 Å². The summed E-state index contributed by atoms with van der Waals surface area (Å²) in [6.45, 7) is 7.83. The van der Waals surface area contributed by atoms with Crippen LogP contribution in [0.5, 0.6) is 0 Å². The summed E-state index contributed by atoms with van der Waals surface area (Å²) >= 11 is 3.40. The second-order valence-electron chi connectivity index (χ2n) is 8.82. The van der Waals surface area contributed by atoms with Gasteiger partial charge in [0.15, 0.2) is 0 Å². The molecule has 2 unspecified atom stereocenters. The number of hydrogen-bond acceptors (Lipinski definition) is 4. The first-order chi connectivity index (χ1) is 17.3. The molecule has 0 fully saturated rings. The van der Waals surface area contributed by atoms with E-state index >= 15 is 0 Å². The van der Waals surface area contributed by atoms with Crippen LogP contribution in [0.1, 0.15) is 44.7 Å². The highest BCUT2D eigenvalue weighted by Crippen LogP contribution is 2.59. The Morgan fingerprint density at radius 2 is 1.36 bits per heavy atom. The smallest absolute Gasteiger partial charge is 0.235 e. The second kappa shape index (κ2) is 13.1. The Labute approximate surface area is 222 Å². The number of hydrogen-bond donors (Lipinski definition) is 1. The molecule has 3 aromatic carbocycles. The maximum atomic E-state index is 14.0. The average Bonchev–Trinajstić information content (AvgIpc) is 2.88. The lowest BCUT2D eigenvalue weighted by molar-refractivity contribution is -0.134. The second-order valence-corrected chi connectivity index (χ2v) is 12.1. The summed E-state index contributed by atoms with van der Waals surface area (Å²) < 4.78 is 13.3. The molecule has 6 heteroatoms. The van der Waals surface area contributed by atoms with Crippen LogP contribution in [-0.2, 0) is 13.7 Å². The van der Waals surface area contributed by atoms with E-state index in [9.17, 15) is 14.0 Å². The number of amides is 1. The lowest BCUT2D eigenvalue weighted by atomic mass is 9.75. The van der Waals surface area contributed by atoms with Crippen molar-refractivity contribution in [1.29, 1.82) is 0 Å². The zero-order valence-electron chi connectivity index (χ0n) is 21.2. The first-order valence-electron chi connectivity index (χ1n) is 12.3. The first kappa shape index (κ1) is 28.0. The van der Waals surface area contributed by atoms with Crippen molar-refractivity contribution in [2.24, 2.45) is 11.8 Å². The molecule has 3 nitrogen and oxygen atoms in total. The molecule has 0 saturated carbocycles. The summed E-state index contributed by atoms with van der Waals surface area (Å²) in [5, 5.41) is 3.01. The molecule has 2 atom stereocenters. The third kappa shape index (κ3) is 6.40. The highest BCUT2D eigenvalue weighted by Gasteiger charge is 2.50. The van der Waals surface area contributed by atoms with Gasteiger partial charge in [-0.25, -0.2) is 4.39 Å². The molecule has 1 amide bonds. The van der Waals surface area contributed by atoms with Gasteiger partial charge in [0.2, 0.25) is 5.91 Å². The maximum Gasteiger partial charge on any atom is 0.235 e. The SMILES string of the molecule is CCSC(SCC)(c1ccc(F)cc1)C(c1ccccc1)C(C(=O)Nc1ccccc1)C(=O)C(C)C. The van der Waals surface area contributed by atoms with Crippen LogP contribution in [0.25, 0.3) is 0 Å². The minimum Gasteiger partial charge on any atom is -0.325 e. The molecule has 190 valence electrons. The van der Waals surface area contributed by atoms with Crippen LogP contribution in [0.4, 0.5) is 10.1 Å². The van der Waals surface area contributed by atoms with Crippen molar-refractivity contribution in [2.75, 3.05) is 16.8 Å². The molecule has 3 aromatic rings. The summed E-state index contributed by atoms with van der Waals surface area (Å²) in [5.41, 5.74) is 2.45. The van der Waals surface area contributed by atoms with Crippen LogP contribution in [0.3, 0.4) is 0 Å². The van der Waals surface area contributed by atoms with E-state index in [0.717, 1.165) is 22.6 Å². The molecular weight excluding hydrogens is 489 g/mol. The highest BCUT2D eigenvalue weighted by molar-refractivity contribution is 8.17. The van der Waals surface area contributed by atoms with Crippen molar-refractivity contribution in [3.63, 3.8) is 0 Å². The van der Waals surface area contributed by atoms with E-state index in [-0.39, 0.29) is 23.4 Å². The Kier molecular flexibility index (Phi) is 10.2. The summed E-state index contributed by atoms with van der Waals surface area (Å²) in [6.07, 6.45) is 0. The molecule has 1 N–H and O–H groups in total. The average molecular weight is 524 g/mol. The Balaban J connectivity index is 2.28. The van der Waals surface area contributed by atoms with Gasteiger partial charge in [0.05, 0.1) is 4.08 Å². The van der Waals surface area contributed by atoms with Gasteiger partial charge in [-0.05, 0) is 46.9 Å². The van der Waals surface area contributed by atoms with Crippen molar-refractivity contribution in [3.05, 3.63) is 102 Å². The van der Waals surface area contributed by atoms with E-state index < -0.39 is 15.9 Å². The van der Waals surface area contributed by atoms with E-state index in [0.29, 0.717) is 5.69 Å². The standard InChI is InChI=1S/C30H34FNO2S2/c1-5-35-30(36-6-2,23-17-19-24(31)20-18-23)27(22-13-9-7-10-14-22)26(28(33)21(3)4)29(34)32-25-15-11-8-12-16-25/h7-21,26-27H,5-6H2,1-4H3,(H,32,34). The van der Waals surface area contributed by atoms with Crippen LogP contribution in [0.2, 0.25) is 0 Å². The molecular formula is C30H34FNO2S2. The van der Waals surface area contributed by atoms with Gasteiger partial charge in [-0.3, -0.25) is 9.59 Å². The Bertz CT molecular complexity index is 1110. The largest absolute Gasteiger partial charge is 0.325 e. The maximum absolute atomic E-state index is 14.0. The van der Waals surface area contributed by atoms with Gasteiger partial charge in [0.25, 0.3) is 0 Å². The normalized spacial score (nSPS) is 13.3. The van der Waals surface area contributed by atoms with Gasteiger partial charge >= 0.3 is 0 Å². The highest BCUT2D eigenvalue weighted by atomic mass is 32.2. The fraction of sp³-hybridized carbons (Fsp3) is 0.333. The number of carbonyl (C=O) groups excluding carboxylic acids is 2. The molecule has 36 heavy (non-hydrogen) atoms. The monoisotopic (exact) mass is 523 g/mol. The third-order valence-electron chi connectivity index (χ3n) is 6.06. The molecule has 0 bridgehead atoms. The van der Waals surface area contributed by atoms with Gasteiger partial charge in [0, 0.05) is 17.5 Å². The molecule has 3 rings (SSSR count). The van der Waals surface area contributed by atoms with Crippen LogP contribution >= 0.6 is 23.5 Å². The van der Waals surface area contributed by atoms with E-state index in [2.05, 4.69) is 19.2 Å². The predicted octanol–water partition coefficient (Wildman–Crippen LogP) is 7.75. The fourth-order valence-corrected chi connectivity index (χ4v) is 7.92. The van der Waals surface area contributed by atoms with Gasteiger partial charge in [-0.2, -0.15) is 0 Å². The number of nitrogens with one attached hydrogen (secondary N) is 1. The zero-order chi connectivity index (χ0) is 26.1. The Morgan fingerprint density at radius 3 is 1.86 bits per heavy atom. The Morgan fingerprint density at radius 1 is 0.833 bits per heavy atom. The van der Waals surface area contributed by atoms with Gasteiger partial charge < -0.3 is 5.32 Å². The van der Waals surface area contributed by atoms with Crippen LogP contribution in [0, 0.1) is 17.7 Å². The van der Waals surface area contributed by atoms with E-state index in [1.165, 1.54) is 12.1 Å². The topological polar surface area (TPSA) is 46.2 Å². The quantitative estimate of drug-likeness (QED) is 0.195. The lowest BCUT2D eigenvalue weighted by Crippen LogP contribution is -2.44. The Hall–Kier alpha value is -2.57. The van der Waals surface area contributed by atoms with Crippen molar-refractivity contribution in [3.8, 4) is 0 Å². The molecule has 0 heterocycles. The van der Waals surface area contributed by atoms with E-state index in [1.807, 2.05) is 74.5 Å². The number of carbonyl (C=O) groups is 2. The van der Waals surface area contributed by atoms with Crippen LogP contribution in [-0.4, -0.2) is 23.2 Å². The number of thioether (sulfide) groups is 2. The number of rotatable bonds is 12. The number of Topliss-reactive ketones (excluding diaryl/α,β-unsaturated/α-hetero) is 1. The molecule has 0 spiro atoms. The number of ketones is 1. The summed E-state index contributed by atoms with van der Waals surface area (Å²) in [6, 6.07) is 25.5. The number of para-hydroxylation sites is 1. The molecule has 0 aliphatic heterocycles. The molecule has 0 aliphatic carbocycles. The molecule has 0 aromatic heterocycles. The van der Waals surface area contributed by atoms with Crippen molar-refractivity contribution in [1.82, 2.24) is 0 Å². The van der Waals surface area contributed by atoms with E-state index in [1.54, 1.807) is 35.7 Å². The summed E-state index contributed by atoms with van der Waals surface area (Å²) in [7, 11) is 0. The zero-order valence-corrected chi connectivity index (χ0v) is 22.9. The predicted molar refractivity (Wildman–Crippen MR) is 152 cm³/mol. The van der Waals surface area contributed by atoms with E-state index in [4.69, 9.17) is 0 Å². The van der Waals surface area contributed by atoms with Gasteiger partial charge in [0.1, 0.15) is 17.5 Å². The minimum atomic E-state index is -0.948. The van der Waals surface area contributed by atoms with Crippen molar-refractivity contribution in [2.45, 2.75) is 37.7 Å². The van der Waals surface area contributed by atoms with Crippen molar-refractivity contribution >= 4 is 40.9 Å². The van der Waals surface area contributed by atoms with Crippen molar-refractivity contribution < 1.29 is 14.0 Å². The molecule has 0 aliphatic rings. The molecule has 0 radical (unpaired) electrons. The fourth-order valence-electron chi connectivity index (χ4n) is 4.52. The number of benzene rings is 3. The first-order valence-corrected chi connectivity index (χ1v) is 14.3. The van der Waals surface area contributed by atoms with Crippen LogP contribution in [0.15, 0.2) is 84.9 Å². The minimum absolute atomic E-state index is 0.114. The summed E-state index contributed by atoms with van der Waals surface area (Å²) in [4.78, 5) is 27.9. The van der Waals surface area contributed by atoms with Gasteiger partial charge in [-0.15, -0.1) is 23.5 Å². The molecule has 0 saturated heterocycles. The number of halogens is 1. The van der Waals surface area contributed by atoms with Crippen LogP contribution < -0.4 is 5.32 Å². The lowest BCUT2D eigenvalue weighted by Gasteiger charge is -2.43. The summed E-state index contributed by atoms with van der Waals surface area (Å²) in [5.74, 6) is -1.01. The number of anilines is 1. The third-order valence-corrected chi connectivity index (χ3v) is 9.19.